The molecule has 2 heterocycles. The average Bonchev–Trinajstić information content (AvgIpc) is 2.72. The molecule has 3 N–H and O–H groups in total. The third-order valence-corrected chi connectivity index (χ3v) is 3.38. The molecule has 1 aliphatic rings. The summed E-state index contributed by atoms with van der Waals surface area (Å²) in [6.07, 6.45) is 2.02. The van der Waals surface area contributed by atoms with Crippen LogP contribution in [0.1, 0.15) is 21.8 Å². The van der Waals surface area contributed by atoms with Gasteiger partial charge in [-0.05, 0) is 24.7 Å². The van der Waals surface area contributed by atoms with Crippen LogP contribution < -0.4 is 10.6 Å². The van der Waals surface area contributed by atoms with E-state index in [1.54, 1.807) is 0 Å². The van der Waals surface area contributed by atoms with E-state index in [1.807, 2.05) is 31.4 Å². The van der Waals surface area contributed by atoms with Crippen LogP contribution >= 0.6 is 0 Å². The summed E-state index contributed by atoms with van der Waals surface area (Å²) in [4.78, 5) is 15.2. The highest BCUT2D eigenvalue weighted by Crippen LogP contribution is 2.30. The molecular weight excluding hydrogens is 214 g/mol. The van der Waals surface area contributed by atoms with Gasteiger partial charge in [-0.1, -0.05) is 6.07 Å². The minimum Gasteiger partial charge on any atom is -0.361 e. The summed E-state index contributed by atoms with van der Waals surface area (Å²) >= 11 is 0. The molecule has 0 fully saturated rings. The van der Waals surface area contributed by atoms with E-state index < -0.39 is 0 Å². The van der Waals surface area contributed by atoms with Gasteiger partial charge in [0, 0.05) is 41.7 Å². The maximum atomic E-state index is 12.0. The van der Waals surface area contributed by atoms with Crippen molar-refractivity contribution in [1.29, 1.82) is 0 Å². The first kappa shape index (κ1) is 10.4. The van der Waals surface area contributed by atoms with Gasteiger partial charge in [0.15, 0.2) is 0 Å². The topological polar surface area (TPSA) is 56.9 Å². The van der Waals surface area contributed by atoms with Crippen LogP contribution in [0.2, 0.25) is 0 Å². The van der Waals surface area contributed by atoms with E-state index in [-0.39, 0.29) is 5.91 Å². The van der Waals surface area contributed by atoms with E-state index in [4.69, 9.17) is 0 Å². The zero-order valence-corrected chi connectivity index (χ0v) is 9.71. The number of aromatic amines is 1. The lowest BCUT2D eigenvalue weighted by Gasteiger charge is -2.13. The number of H-pyrrole nitrogens is 1. The number of benzene rings is 1. The molecule has 0 saturated heterocycles. The fraction of sp³-hybridized carbons (Fsp3) is 0.308. The van der Waals surface area contributed by atoms with Gasteiger partial charge in [0.1, 0.15) is 0 Å². The van der Waals surface area contributed by atoms with Crippen molar-refractivity contribution >= 4 is 16.8 Å². The quantitative estimate of drug-likeness (QED) is 0.725. The number of carbonyl (C=O) groups excluding carboxylic acids is 1. The molecule has 2 aromatic rings. The number of hydrogen-bond donors (Lipinski definition) is 3. The first-order valence-corrected chi connectivity index (χ1v) is 5.84. The third-order valence-electron chi connectivity index (χ3n) is 3.38. The molecule has 0 saturated carbocycles. The molecular formula is C13H15N3O. The van der Waals surface area contributed by atoms with E-state index in [0.717, 1.165) is 23.0 Å². The van der Waals surface area contributed by atoms with E-state index in [1.165, 1.54) is 5.56 Å². The van der Waals surface area contributed by atoms with Crippen molar-refractivity contribution in [3.8, 4) is 0 Å². The van der Waals surface area contributed by atoms with Gasteiger partial charge < -0.3 is 15.6 Å². The molecule has 0 spiro atoms. The van der Waals surface area contributed by atoms with Crippen LogP contribution in [-0.4, -0.2) is 31.0 Å². The molecule has 1 amide bonds. The van der Waals surface area contributed by atoms with Gasteiger partial charge in [0.2, 0.25) is 0 Å². The molecule has 0 radical (unpaired) electrons. The van der Waals surface area contributed by atoms with Crippen LogP contribution in [0.3, 0.4) is 0 Å². The number of rotatable bonds is 2. The molecule has 1 atom stereocenters. The van der Waals surface area contributed by atoms with Crippen molar-refractivity contribution in [3.05, 3.63) is 35.5 Å². The molecule has 1 aromatic carbocycles. The summed E-state index contributed by atoms with van der Waals surface area (Å²) in [5.74, 6) is 0.344. The van der Waals surface area contributed by atoms with E-state index >= 15 is 0 Å². The molecule has 17 heavy (non-hydrogen) atoms. The number of carbonyl (C=O) groups is 1. The standard InChI is InChI=1S/C13H15N3O/c1-14-5-8-6-16-13(17)9-3-2-4-11-12(9)10(8)7-15-11/h2-4,7-8,14-15H,5-6H2,1H3,(H,16,17). The predicted octanol–water partition coefficient (Wildman–Crippen LogP) is 1.21. The smallest absolute Gasteiger partial charge is 0.251 e. The van der Waals surface area contributed by atoms with Crippen LogP contribution in [0.5, 0.6) is 0 Å². The minimum absolute atomic E-state index is 0.0232. The summed E-state index contributed by atoms with van der Waals surface area (Å²) < 4.78 is 0. The number of aromatic nitrogens is 1. The predicted molar refractivity (Wildman–Crippen MR) is 67.3 cm³/mol. The Morgan fingerprint density at radius 3 is 3.18 bits per heavy atom. The first-order chi connectivity index (χ1) is 8.31. The SMILES string of the molecule is CNCC1CNC(=O)c2cccc3[nH]cc1c23. The molecule has 1 aromatic heterocycles. The maximum absolute atomic E-state index is 12.0. The lowest BCUT2D eigenvalue weighted by molar-refractivity contribution is 0.0954. The molecule has 88 valence electrons. The highest BCUT2D eigenvalue weighted by atomic mass is 16.1. The Hall–Kier alpha value is -1.81. The van der Waals surface area contributed by atoms with Crippen LogP contribution in [-0.2, 0) is 0 Å². The zero-order valence-electron chi connectivity index (χ0n) is 9.71. The van der Waals surface area contributed by atoms with Crippen molar-refractivity contribution in [3.63, 3.8) is 0 Å². The summed E-state index contributed by atoms with van der Waals surface area (Å²) in [5.41, 5.74) is 3.04. The maximum Gasteiger partial charge on any atom is 0.251 e. The van der Waals surface area contributed by atoms with Gasteiger partial charge in [-0.15, -0.1) is 0 Å². The van der Waals surface area contributed by atoms with Gasteiger partial charge in [0.25, 0.3) is 5.91 Å². The van der Waals surface area contributed by atoms with Gasteiger partial charge in [0.05, 0.1) is 0 Å². The summed E-state index contributed by atoms with van der Waals surface area (Å²) in [6.45, 7) is 1.54. The van der Waals surface area contributed by atoms with Crippen molar-refractivity contribution in [1.82, 2.24) is 15.6 Å². The van der Waals surface area contributed by atoms with Crippen LogP contribution in [0, 0.1) is 0 Å². The molecule has 3 rings (SSSR count). The highest BCUT2D eigenvalue weighted by Gasteiger charge is 2.24. The largest absolute Gasteiger partial charge is 0.361 e. The zero-order chi connectivity index (χ0) is 11.8. The first-order valence-electron chi connectivity index (χ1n) is 5.84. The van der Waals surface area contributed by atoms with E-state index in [2.05, 4.69) is 15.6 Å². The molecule has 0 bridgehead atoms. The highest BCUT2D eigenvalue weighted by molar-refractivity contribution is 6.08. The third kappa shape index (κ3) is 1.52. The summed E-state index contributed by atoms with van der Waals surface area (Å²) in [6, 6.07) is 5.81. The lowest BCUT2D eigenvalue weighted by atomic mass is 9.97. The second-order valence-corrected chi connectivity index (χ2v) is 4.44. The minimum atomic E-state index is 0.0232. The van der Waals surface area contributed by atoms with Gasteiger partial charge in [-0.2, -0.15) is 0 Å². The van der Waals surface area contributed by atoms with Gasteiger partial charge in [-0.3, -0.25) is 4.79 Å². The molecule has 0 aliphatic carbocycles. The Labute approximate surface area is 99.4 Å². The second kappa shape index (κ2) is 3.89. The summed E-state index contributed by atoms with van der Waals surface area (Å²) in [5, 5.41) is 7.23. The normalized spacial score (nSPS) is 19.1. The van der Waals surface area contributed by atoms with Crippen molar-refractivity contribution < 1.29 is 4.79 Å². The monoisotopic (exact) mass is 229 g/mol. The Kier molecular flexibility index (Phi) is 2.37. The van der Waals surface area contributed by atoms with Crippen molar-refractivity contribution in [2.24, 2.45) is 0 Å². The van der Waals surface area contributed by atoms with E-state index in [9.17, 15) is 4.79 Å². The summed E-state index contributed by atoms with van der Waals surface area (Å²) in [7, 11) is 1.93. The molecule has 4 heteroatoms. The number of likely N-dealkylation sites (N-methyl/N-ethyl adjacent to an activating group) is 1. The fourth-order valence-corrected chi connectivity index (χ4v) is 2.57. The molecule has 1 aliphatic heterocycles. The number of nitrogens with one attached hydrogen (secondary N) is 3. The number of amides is 1. The van der Waals surface area contributed by atoms with Crippen LogP contribution in [0.4, 0.5) is 0 Å². The molecule has 4 nitrogen and oxygen atoms in total. The second-order valence-electron chi connectivity index (χ2n) is 4.44. The van der Waals surface area contributed by atoms with Crippen LogP contribution in [0.25, 0.3) is 10.9 Å². The van der Waals surface area contributed by atoms with E-state index in [0.29, 0.717) is 12.5 Å². The van der Waals surface area contributed by atoms with Crippen molar-refractivity contribution in [2.45, 2.75) is 5.92 Å². The Morgan fingerprint density at radius 2 is 2.35 bits per heavy atom. The van der Waals surface area contributed by atoms with Gasteiger partial charge in [-0.25, -0.2) is 0 Å². The Balaban J connectivity index is 2.24. The molecule has 1 unspecified atom stereocenters. The lowest BCUT2D eigenvalue weighted by Crippen LogP contribution is -2.30. The Morgan fingerprint density at radius 1 is 1.47 bits per heavy atom. The fourth-order valence-electron chi connectivity index (χ4n) is 2.57. The Bertz CT molecular complexity index is 573. The number of hydrogen-bond acceptors (Lipinski definition) is 2. The van der Waals surface area contributed by atoms with Gasteiger partial charge >= 0.3 is 0 Å². The average molecular weight is 229 g/mol. The van der Waals surface area contributed by atoms with Crippen LogP contribution in [0.15, 0.2) is 24.4 Å². The van der Waals surface area contributed by atoms with Crippen molar-refractivity contribution in [2.75, 3.05) is 20.1 Å².